The Morgan fingerprint density at radius 3 is 2.76 bits per heavy atom. The molecule has 8 heteroatoms. The van der Waals surface area contributed by atoms with E-state index < -0.39 is 0 Å². The summed E-state index contributed by atoms with van der Waals surface area (Å²) >= 11 is 1.63. The Morgan fingerprint density at radius 1 is 1.12 bits per heavy atom. The van der Waals surface area contributed by atoms with E-state index in [0.29, 0.717) is 28.3 Å². The van der Waals surface area contributed by atoms with Crippen molar-refractivity contribution >= 4 is 35.0 Å². The number of amides is 2. The first kappa shape index (κ1) is 22.8. The highest BCUT2D eigenvalue weighted by molar-refractivity contribution is 7.99. The van der Waals surface area contributed by atoms with Crippen LogP contribution in [0.3, 0.4) is 0 Å². The number of pyridine rings is 1. The number of hydrogen-bond donors (Lipinski definition) is 2. The first-order valence-electron chi connectivity index (χ1n) is 10.7. The average Bonchev–Trinajstić information content (AvgIpc) is 3.38. The van der Waals surface area contributed by atoms with Crippen LogP contribution in [0.25, 0.3) is 0 Å². The van der Waals surface area contributed by atoms with E-state index >= 15 is 0 Å². The lowest BCUT2D eigenvalue weighted by atomic mass is 10.2. The standard InChI is InChI=1S/C25H25N3O4S/c1-31-22-14-18(10-11-21(22)28-24(29)17-6-4-12-26-15-17)27-25(30)20-8-2-3-9-23(20)33-16-19-7-5-13-32-19/h2-4,6,8-12,14-15,19H,5,7,13,16H2,1H3,(H,27,30)(H,28,29). The predicted molar refractivity (Wildman–Crippen MR) is 129 cm³/mol. The van der Waals surface area contributed by atoms with E-state index in [-0.39, 0.29) is 17.9 Å². The molecule has 170 valence electrons. The molecule has 1 saturated heterocycles. The Balaban J connectivity index is 1.44. The lowest BCUT2D eigenvalue weighted by Gasteiger charge is -2.14. The molecule has 0 radical (unpaired) electrons. The summed E-state index contributed by atoms with van der Waals surface area (Å²) in [7, 11) is 1.51. The fraction of sp³-hybridized carbons (Fsp3) is 0.240. The van der Waals surface area contributed by atoms with Gasteiger partial charge < -0.3 is 20.1 Å². The van der Waals surface area contributed by atoms with Gasteiger partial charge in [0.1, 0.15) is 5.75 Å². The third-order valence-corrected chi connectivity index (χ3v) is 6.42. The monoisotopic (exact) mass is 463 g/mol. The van der Waals surface area contributed by atoms with Crippen molar-refractivity contribution in [2.45, 2.75) is 23.8 Å². The first-order chi connectivity index (χ1) is 16.1. The number of methoxy groups -OCH3 is 1. The zero-order valence-corrected chi connectivity index (χ0v) is 19.1. The quantitative estimate of drug-likeness (QED) is 0.464. The predicted octanol–water partition coefficient (Wildman–Crippen LogP) is 4.87. The molecule has 33 heavy (non-hydrogen) atoms. The van der Waals surface area contributed by atoms with Gasteiger partial charge in [0.2, 0.25) is 0 Å². The molecule has 1 aromatic heterocycles. The van der Waals surface area contributed by atoms with Gasteiger partial charge in [-0.3, -0.25) is 14.6 Å². The first-order valence-corrected chi connectivity index (χ1v) is 11.7. The Bertz CT molecular complexity index is 1120. The molecule has 1 aliphatic heterocycles. The lowest BCUT2D eigenvalue weighted by Crippen LogP contribution is -2.15. The zero-order valence-electron chi connectivity index (χ0n) is 18.2. The molecule has 2 amide bonds. The van der Waals surface area contributed by atoms with Crippen molar-refractivity contribution in [1.29, 1.82) is 0 Å². The van der Waals surface area contributed by atoms with Gasteiger partial charge in [-0.2, -0.15) is 0 Å². The molecule has 0 saturated carbocycles. The van der Waals surface area contributed by atoms with E-state index in [2.05, 4.69) is 15.6 Å². The van der Waals surface area contributed by atoms with Gasteiger partial charge >= 0.3 is 0 Å². The van der Waals surface area contributed by atoms with E-state index in [0.717, 1.165) is 30.1 Å². The second-order valence-electron chi connectivity index (χ2n) is 7.51. The van der Waals surface area contributed by atoms with Gasteiger partial charge in [-0.25, -0.2) is 0 Å². The molecule has 1 atom stereocenters. The third-order valence-electron chi connectivity index (χ3n) is 5.21. The smallest absolute Gasteiger partial charge is 0.257 e. The van der Waals surface area contributed by atoms with Crippen LogP contribution in [0.4, 0.5) is 11.4 Å². The minimum atomic E-state index is -0.296. The van der Waals surface area contributed by atoms with Gasteiger partial charge in [0.15, 0.2) is 0 Å². The van der Waals surface area contributed by atoms with E-state index in [4.69, 9.17) is 9.47 Å². The number of anilines is 2. The van der Waals surface area contributed by atoms with Crippen LogP contribution in [0.15, 0.2) is 71.9 Å². The molecule has 0 spiro atoms. The SMILES string of the molecule is COc1cc(NC(=O)c2ccccc2SCC2CCCO2)ccc1NC(=O)c1cccnc1. The lowest BCUT2D eigenvalue weighted by molar-refractivity contribution is 0.101. The maximum Gasteiger partial charge on any atom is 0.257 e. The zero-order chi connectivity index (χ0) is 23.0. The van der Waals surface area contributed by atoms with Crippen molar-refractivity contribution in [2.24, 2.45) is 0 Å². The normalized spacial score (nSPS) is 15.1. The summed E-state index contributed by atoms with van der Waals surface area (Å²) in [5.74, 6) is 0.754. The molecule has 0 aliphatic carbocycles. The van der Waals surface area contributed by atoms with Crippen LogP contribution in [0.2, 0.25) is 0 Å². The van der Waals surface area contributed by atoms with Gasteiger partial charge in [-0.15, -0.1) is 11.8 Å². The number of carbonyl (C=O) groups excluding carboxylic acids is 2. The van der Waals surface area contributed by atoms with Crippen LogP contribution in [-0.4, -0.2) is 42.4 Å². The molecule has 4 rings (SSSR count). The van der Waals surface area contributed by atoms with Gasteiger partial charge in [-0.05, 0) is 49.2 Å². The molecular formula is C25H25N3O4S. The van der Waals surface area contributed by atoms with Crippen LogP contribution in [-0.2, 0) is 4.74 Å². The molecule has 1 fully saturated rings. The number of nitrogens with one attached hydrogen (secondary N) is 2. The van der Waals surface area contributed by atoms with Gasteiger partial charge in [0.25, 0.3) is 11.8 Å². The van der Waals surface area contributed by atoms with Crippen LogP contribution in [0, 0.1) is 0 Å². The summed E-state index contributed by atoms with van der Waals surface area (Å²) in [5.41, 5.74) is 2.11. The van der Waals surface area contributed by atoms with Gasteiger partial charge in [0.05, 0.1) is 30.0 Å². The average molecular weight is 464 g/mol. The minimum Gasteiger partial charge on any atom is -0.494 e. The highest BCUT2D eigenvalue weighted by atomic mass is 32.2. The van der Waals surface area contributed by atoms with Crippen molar-refractivity contribution in [2.75, 3.05) is 30.1 Å². The molecule has 0 bridgehead atoms. The molecule has 7 nitrogen and oxygen atoms in total. The number of rotatable bonds is 8. The number of thioether (sulfide) groups is 1. The molecule has 1 unspecified atom stereocenters. The summed E-state index contributed by atoms with van der Waals surface area (Å²) in [4.78, 5) is 30.3. The molecule has 2 N–H and O–H groups in total. The second-order valence-corrected chi connectivity index (χ2v) is 8.57. The van der Waals surface area contributed by atoms with Crippen LogP contribution in [0.5, 0.6) is 5.75 Å². The van der Waals surface area contributed by atoms with E-state index in [1.54, 1.807) is 48.3 Å². The highest BCUT2D eigenvalue weighted by Crippen LogP contribution is 2.30. The molecule has 2 heterocycles. The summed E-state index contributed by atoms with van der Waals surface area (Å²) in [5, 5.41) is 5.74. The van der Waals surface area contributed by atoms with E-state index in [9.17, 15) is 9.59 Å². The number of hydrogen-bond acceptors (Lipinski definition) is 6. The topological polar surface area (TPSA) is 89.5 Å². The van der Waals surface area contributed by atoms with Crippen molar-refractivity contribution in [1.82, 2.24) is 4.98 Å². The Labute approximate surface area is 196 Å². The summed E-state index contributed by atoms with van der Waals surface area (Å²) < 4.78 is 11.1. The number of benzene rings is 2. The van der Waals surface area contributed by atoms with Crippen molar-refractivity contribution in [3.63, 3.8) is 0 Å². The number of aromatic nitrogens is 1. The Hall–Kier alpha value is -3.36. The number of nitrogens with zero attached hydrogens (tertiary/aromatic N) is 1. The Morgan fingerprint density at radius 2 is 2.00 bits per heavy atom. The fourth-order valence-corrected chi connectivity index (χ4v) is 4.62. The second kappa shape index (κ2) is 11.0. The van der Waals surface area contributed by atoms with Crippen molar-refractivity contribution in [3.8, 4) is 5.75 Å². The largest absolute Gasteiger partial charge is 0.494 e. The number of ether oxygens (including phenoxy) is 2. The van der Waals surface area contributed by atoms with Crippen LogP contribution >= 0.6 is 11.8 Å². The third kappa shape index (κ3) is 5.91. The number of carbonyl (C=O) groups is 2. The molecular weight excluding hydrogens is 438 g/mol. The molecule has 1 aliphatic rings. The molecule has 3 aromatic rings. The van der Waals surface area contributed by atoms with Crippen molar-refractivity contribution in [3.05, 3.63) is 78.1 Å². The fourth-order valence-electron chi connectivity index (χ4n) is 3.50. The maximum absolute atomic E-state index is 13.0. The summed E-state index contributed by atoms with van der Waals surface area (Å²) in [6, 6.07) is 16.0. The highest BCUT2D eigenvalue weighted by Gasteiger charge is 2.18. The minimum absolute atomic E-state index is 0.209. The van der Waals surface area contributed by atoms with Crippen LogP contribution < -0.4 is 15.4 Å². The van der Waals surface area contributed by atoms with Gasteiger partial charge in [0, 0.05) is 41.4 Å². The van der Waals surface area contributed by atoms with E-state index in [1.807, 2.05) is 24.3 Å². The maximum atomic E-state index is 13.0. The summed E-state index contributed by atoms with van der Waals surface area (Å²) in [6.07, 6.45) is 5.49. The van der Waals surface area contributed by atoms with Crippen LogP contribution in [0.1, 0.15) is 33.6 Å². The van der Waals surface area contributed by atoms with E-state index in [1.165, 1.54) is 13.3 Å². The Kier molecular flexibility index (Phi) is 7.59. The van der Waals surface area contributed by atoms with Gasteiger partial charge in [-0.1, -0.05) is 12.1 Å². The van der Waals surface area contributed by atoms with Crippen molar-refractivity contribution < 1.29 is 19.1 Å². The summed E-state index contributed by atoms with van der Waals surface area (Å²) in [6.45, 7) is 0.813. The molecule has 2 aromatic carbocycles.